The number of rotatable bonds is 7. The van der Waals surface area contributed by atoms with Crippen LogP contribution in [-0.2, 0) is 24.1 Å². The van der Waals surface area contributed by atoms with E-state index < -0.39 is 0 Å². The maximum absolute atomic E-state index is 13.1. The Morgan fingerprint density at radius 1 is 0.886 bits per heavy atom. The van der Waals surface area contributed by atoms with Gasteiger partial charge < -0.3 is 23.8 Å². The molecule has 2 aliphatic rings. The summed E-state index contributed by atoms with van der Waals surface area (Å²) in [5.74, 6) is 1.75. The summed E-state index contributed by atoms with van der Waals surface area (Å²) in [6.07, 6.45) is 3.24. The molecule has 1 fully saturated rings. The summed E-state index contributed by atoms with van der Waals surface area (Å²) in [4.78, 5) is 17.5. The van der Waals surface area contributed by atoms with E-state index in [1.165, 1.54) is 22.4 Å². The molecule has 1 aliphatic carbocycles. The lowest BCUT2D eigenvalue weighted by atomic mass is 9.90. The third kappa shape index (κ3) is 4.67. The van der Waals surface area contributed by atoms with Gasteiger partial charge in [0.15, 0.2) is 0 Å². The Labute approximate surface area is 208 Å². The summed E-state index contributed by atoms with van der Waals surface area (Å²) in [7, 11) is 3.35. The Morgan fingerprint density at radius 2 is 1.57 bits per heavy atom. The molecular formula is C29H35N3O3. The number of methoxy groups -OCH3 is 2. The molecule has 2 aromatic carbocycles. The van der Waals surface area contributed by atoms with E-state index in [0.717, 1.165) is 68.4 Å². The van der Waals surface area contributed by atoms with E-state index in [9.17, 15) is 4.79 Å². The Morgan fingerprint density at radius 3 is 2.26 bits per heavy atom. The van der Waals surface area contributed by atoms with Gasteiger partial charge in [0.1, 0.15) is 11.5 Å². The number of likely N-dealkylation sites (N-methyl/N-ethyl adjacent to an activating group) is 1. The number of hydrogen-bond acceptors (Lipinski definition) is 4. The molecule has 3 aromatic rings. The first kappa shape index (κ1) is 23.5. The quantitative estimate of drug-likeness (QED) is 0.512. The second-order valence-electron chi connectivity index (χ2n) is 9.39. The molecule has 184 valence electrons. The molecule has 6 nitrogen and oxygen atoms in total. The molecule has 5 rings (SSSR count). The zero-order valence-electron chi connectivity index (χ0n) is 21.0. The Kier molecular flexibility index (Phi) is 6.82. The molecule has 0 N–H and O–H groups in total. The van der Waals surface area contributed by atoms with E-state index >= 15 is 0 Å². The van der Waals surface area contributed by atoms with Gasteiger partial charge in [0.25, 0.3) is 0 Å². The number of fused-ring (bicyclic) bond motifs is 3. The topological polar surface area (TPSA) is 46.9 Å². The Hall–Kier alpha value is -3.25. The van der Waals surface area contributed by atoms with Crippen molar-refractivity contribution in [3.8, 4) is 28.4 Å². The van der Waals surface area contributed by atoms with Gasteiger partial charge in [-0.15, -0.1) is 0 Å². The third-order valence-electron chi connectivity index (χ3n) is 7.45. The summed E-state index contributed by atoms with van der Waals surface area (Å²) in [5.41, 5.74) is 7.35. The van der Waals surface area contributed by atoms with Crippen LogP contribution in [0.3, 0.4) is 0 Å². The normalized spacial score (nSPS) is 15.5. The van der Waals surface area contributed by atoms with E-state index in [1.807, 2.05) is 11.0 Å². The average Bonchev–Trinajstić information content (AvgIpc) is 3.30. The number of hydrogen-bond donors (Lipinski definition) is 0. The number of carbonyl (C=O) groups is 1. The van der Waals surface area contributed by atoms with Gasteiger partial charge >= 0.3 is 0 Å². The van der Waals surface area contributed by atoms with Crippen molar-refractivity contribution in [2.75, 3.05) is 46.9 Å². The fourth-order valence-electron chi connectivity index (χ4n) is 5.45. The van der Waals surface area contributed by atoms with Crippen molar-refractivity contribution in [2.45, 2.75) is 32.6 Å². The number of amides is 1. The van der Waals surface area contributed by atoms with E-state index in [-0.39, 0.29) is 5.91 Å². The number of nitrogens with zero attached hydrogens (tertiary/aromatic N) is 3. The van der Waals surface area contributed by atoms with Crippen molar-refractivity contribution < 1.29 is 14.3 Å². The highest BCUT2D eigenvalue weighted by Gasteiger charge is 2.25. The monoisotopic (exact) mass is 473 g/mol. The number of aryl methyl sites for hydroxylation is 3. The van der Waals surface area contributed by atoms with Gasteiger partial charge in [0.2, 0.25) is 5.91 Å². The number of aromatic nitrogens is 1. The molecule has 1 amide bonds. The fourth-order valence-corrected chi connectivity index (χ4v) is 5.45. The first-order valence-electron chi connectivity index (χ1n) is 12.7. The molecule has 1 saturated heterocycles. The maximum atomic E-state index is 13.1. The SMILES string of the molecule is CCN1CCN(C(=O)CCc2cc3c(n2-c2cc(OC)cc(OC)c2)-c2ccccc2CC3)CC1. The van der Waals surface area contributed by atoms with Gasteiger partial charge in [-0.3, -0.25) is 4.79 Å². The summed E-state index contributed by atoms with van der Waals surface area (Å²) in [6, 6.07) is 17.0. The van der Waals surface area contributed by atoms with Crippen molar-refractivity contribution in [3.05, 3.63) is 65.4 Å². The molecule has 0 bridgehead atoms. The lowest BCUT2D eigenvalue weighted by Crippen LogP contribution is -2.48. The van der Waals surface area contributed by atoms with Crippen LogP contribution in [0.2, 0.25) is 0 Å². The van der Waals surface area contributed by atoms with Crippen molar-refractivity contribution in [1.29, 1.82) is 0 Å². The van der Waals surface area contributed by atoms with Gasteiger partial charge in [0.05, 0.1) is 25.6 Å². The lowest BCUT2D eigenvalue weighted by Gasteiger charge is -2.34. The van der Waals surface area contributed by atoms with E-state index in [2.05, 4.69) is 58.9 Å². The number of ether oxygens (including phenoxy) is 2. The van der Waals surface area contributed by atoms with Crippen LogP contribution in [0.25, 0.3) is 16.9 Å². The molecule has 1 aromatic heterocycles. The van der Waals surface area contributed by atoms with Gasteiger partial charge in [-0.2, -0.15) is 0 Å². The molecule has 2 heterocycles. The molecule has 35 heavy (non-hydrogen) atoms. The number of benzene rings is 2. The van der Waals surface area contributed by atoms with Crippen LogP contribution >= 0.6 is 0 Å². The molecule has 0 radical (unpaired) electrons. The number of carbonyl (C=O) groups excluding carboxylic acids is 1. The molecule has 0 atom stereocenters. The highest BCUT2D eigenvalue weighted by atomic mass is 16.5. The predicted molar refractivity (Wildman–Crippen MR) is 139 cm³/mol. The van der Waals surface area contributed by atoms with Gasteiger partial charge in [-0.05, 0) is 43.0 Å². The smallest absolute Gasteiger partial charge is 0.223 e. The fraction of sp³-hybridized carbons (Fsp3) is 0.414. The minimum atomic E-state index is 0.245. The van der Waals surface area contributed by atoms with Crippen LogP contribution in [0.1, 0.15) is 30.2 Å². The van der Waals surface area contributed by atoms with Crippen molar-refractivity contribution >= 4 is 5.91 Å². The average molecular weight is 474 g/mol. The Bertz CT molecular complexity index is 1190. The van der Waals surface area contributed by atoms with Gasteiger partial charge in [-0.1, -0.05) is 31.2 Å². The predicted octanol–water partition coefficient (Wildman–Crippen LogP) is 4.36. The van der Waals surface area contributed by atoms with E-state index in [1.54, 1.807) is 14.2 Å². The number of piperazine rings is 1. The molecule has 0 saturated carbocycles. The molecule has 6 heteroatoms. The van der Waals surface area contributed by atoms with E-state index in [4.69, 9.17) is 9.47 Å². The van der Waals surface area contributed by atoms with Crippen LogP contribution in [0.4, 0.5) is 0 Å². The minimum Gasteiger partial charge on any atom is -0.497 e. The van der Waals surface area contributed by atoms with Crippen molar-refractivity contribution in [2.24, 2.45) is 0 Å². The first-order chi connectivity index (χ1) is 17.1. The second kappa shape index (κ2) is 10.2. The zero-order valence-corrected chi connectivity index (χ0v) is 21.0. The summed E-state index contributed by atoms with van der Waals surface area (Å²) >= 11 is 0. The van der Waals surface area contributed by atoms with Crippen LogP contribution in [-0.4, -0.2) is 67.2 Å². The highest BCUT2D eigenvalue weighted by Crippen LogP contribution is 2.39. The van der Waals surface area contributed by atoms with Crippen LogP contribution in [0, 0.1) is 0 Å². The van der Waals surface area contributed by atoms with Crippen LogP contribution < -0.4 is 9.47 Å². The summed E-state index contributed by atoms with van der Waals surface area (Å²) in [5, 5.41) is 0. The van der Waals surface area contributed by atoms with Crippen molar-refractivity contribution in [1.82, 2.24) is 14.4 Å². The zero-order chi connectivity index (χ0) is 24.4. The van der Waals surface area contributed by atoms with Gasteiger partial charge in [0, 0.05) is 62.1 Å². The van der Waals surface area contributed by atoms with Crippen molar-refractivity contribution in [3.63, 3.8) is 0 Å². The largest absolute Gasteiger partial charge is 0.497 e. The summed E-state index contributed by atoms with van der Waals surface area (Å²) < 4.78 is 13.5. The minimum absolute atomic E-state index is 0.245. The molecular weight excluding hydrogens is 438 g/mol. The maximum Gasteiger partial charge on any atom is 0.223 e. The third-order valence-corrected chi connectivity index (χ3v) is 7.45. The molecule has 1 aliphatic heterocycles. The first-order valence-corrected chi connectivity index (χ1v) is 12.7. The lowest BCUT2D eigenvalue weighted by molar-refractivity contribution is -0.132. The standard InChI is InChI=1S/C29H35N3O3/c1-4-30-13-15-31(16-14-30)28(33)12-11-23-17-22-10-9-21-7-5-6-8-27(21)29(22)32(23)24-18-25(34-2)20-26(19-24)35-3/h5-8,17-20H,4,9-16H2,1-3H3. The highest BCUT2D eigenvalue weighted by molar-refractivity contribution is 5.77. The van der Waals surface area contributed by atoms with E-state index in [0.29, 0.717) is 12.8 Å². The molecule has 0 unspecified atom stereocenters. The van der Waals surface area contributed by atoms with Crippen LogP contribution in [0.5, 0.6) is 11.5 Å². The Balaban J connectivity index is 1.51. The molecule has 0 spiro atoms. The van der Waals surface area contributed by atoms with Gasteiger partial charge in [-0.25, -0.2) is 0 Å². The second-order valence-corrected chi connectivity index (χ2v) is 9.39. The van der Waals surface area contributed by atoms with Crippen LogP contribution in [0.15, 0.2) is 48.5 Å². The summed E-state index contributed by atoms with van der Waals surface area (Å²) in [6.45, 7) is 6.81.